The van der Waals surface area contributed by atoms with E-state index in [1.807, 2.05) is 0 Å². The molecule has 0 unspecified atom stereocenters. The first-order valence-corrected chi connectivity index (χ1v) is 11.0. The highest BCUT2D eigenvalue weighted by Gasteiger charge is 2.39. The van der Waals surface area contributed by atoms with Crippen molar-refractivity contribution in [1.29, 1.82) is 5.26 Å². The first kappa shape index (κ1) is 26.6. The Morgan fingerprint density at radius 1 is 1.25 bits per heavy atom. The van der Waals surface area contributed by atoms with Crippen LogP contribution in [0.2, 0.25) is 0 Å². The van der Waals surface area contributed by atoms with Crippen LogP contribution in [0.25, 0.3) is 5.57 Å². The van der Waals surface area contributed by atoms with Gasteiger partial charge in [0.25, 0.3) is 0 Å². The normalized spacial score (nSPS) is 14.0. The van der Waals surface area contributed by atoms with Crippen molar-refractivity contribution in [3.05, 3.63) is 76.6 Å². The molecule has 0 aliphatic heterocycles. The summed E-state index contributed by atoms with van der Waals surface area (Å²) in [5.41, 5.74) is -2.22. The maximum absolute atomic E-state index is 14.8. The maximum Gasteiger partial charge on any atom is 0.418 e. The average molecular weight is 501 g/mol. The van der Waals surface area contributed by atoms with Crippen LogP contribution in [0.4, 0.5) is 23.2 Å². The Hall–Kier alpha value is -4.00. The van der Waals surface area contributed by atoms with Crippen LogP contribution in [0.3, 0.4) is 0 Å². The van der Waals surface area contributed by atoms with Crippen molar-refractivity contribution < 1.29 is 31.9 Å². The lowest BCUT2D eigenvalue weighted by Gasteiger charge is -2.21. The van der Waals surface area contributed by atoms with Gasteiger partial charge >= 0.3 is 6.18 Å². The van der Waals surface area contributed by atoms with Gasteiger partial charge in [-0.25, -0.2) is 4.39 Å². The third-order valence-corrected chi connectivity index (χ3v) is 5.45. The van der Waals surface area contributed by atoms with E-state index in [0.717, 1.165) is 6.20 Å². The molecule has 6 nitrogen and oxygen atoms in total. The number of Topliss-reactive ketones (excluding diaryl/α,β-unsaturated/α-hetero) is 1. The minimum atomic E-state index is -4.80. The van der Waals surface area contributed by atoms with Gasteiger partial charge < -0.3 is 10.1 Å². The number of halogens is 4. The SMILES string of the molecule is CCOC1=CC(c2ccc(CC(=O)Nc3cnc(C(C)(C)C#N)c(C(F)(F)F)c3)c(F)c2)=CCC1=O. The molecule has 1 aromatic carbocycles. The number of rotatable bonds is 7. The van der Waals surface area contributed by atoms with E-state index in [2.05, 4.69) is 10.3 Å². The van der Waals surface area contributed by atoms with Crippen LogP contribution >= 0.6 is 0 Å². The molecule has 0 saturated carbocycles. The number of pyridine rings is 1. The molecule has 1 aromatic heterocycles. The van der Waals surface area contributed by atoms with Gasteiger partial charge in [0.1, 0.15) is 5.82 Å². The Morgan fingerprint density at radius 3 is 2.58 bits per heavy atom. The van der Waals surface area contributed by atoms with Crippen molar-refractivity contribution in [2.24, 2.45) is 0 Å². The van der Waals surface area contributed by atoms with Crippen molar-refractivity contribution in [3.63, 3.8) is 0 Å². The summed E-state index contributed by atoms with van der Waals surface area (Å²) in [7, 11) is 0. The number of hydrogen-bond donors (Lipinski definition) is 1. The van der Waals surface area contributed by atoms with Crippen molar-refractivity contribution in [2.75, 3.05) is 11.9 Å². The highest BCUT2D eigenvalue weighted by Crippen LogP contribution is 2.37. The molecule has 188 valence electrons. The van der Waals surface area contributed by atoms with Crippen LogP contribution in [0.1, 0.15) is 49.6 Å². The molecule has 36 heavy (non-hydrogen) atoms. The van der Waals surface area contributed by atoms with Gasteiger partial charge in [-0.1, -0.05) is 18.2 Å². The highest BCUT2D eigenvalue weighted by molar-refractivity contribution is 6.01. The zero-order valence-corrected chi connectivity index (χ0v) is 19.8. The van der Waals surface area contributed by atoms with Gasteiger partial charge in [-0.2, -0.15) is 18.4 Å². The van der Waals surface area contributed by atoms with Gasteiger partial charge in [0, 0.05) is 6.42 Å². The molecule has 2 aromatic rings. The number of amides is 1. The second-order valence-electron chi connectivity index (χ2n) is 8.61. The van der Waals surface area contributed by atoms with Gasteiger partial charge in [-0.05, 0) is 55.7 Å². The lowest BCUT2D eigenvalue weighted by Crippen LogP contribution is -2.24. The number of ketones is 1. The van der Waals surface area contributed by atoms with Gasteiger partial charge in [-0.3, -0.25) is 14.6 Å². The zero-order chi connectivity index (χ0) is 26.7. The zero-order valence-electron chi connectivity index (χ0n) is 19.8. The van der Waals surface area contributed by atoms with E-state index in [1.165, 1.54) is 32.1 Å². The fourth-order valence-electron chi connectivity index (χ4n) is 3.61. The van der Waals surface area contributed by atoms with Crippen LogP contribution in [0.15, 0.2) is 48.4 Å². The van der Waals surface area contributed by atoms with E-state index < -0.39 is 41.0 Å². The van der Waals surface area contributed by atoms with Crippen molar-refractivity contribution in [3.8, 4) is 6.07 Å². The summed E-state index contributed by atoms with van der Waals surface area (Å²) in [4.78, 5) is 28.1. The molecular formula is C26H23F4N3O3. The summed E-state index contributed by atoms with van der Waals surface area (Å²) in [6.07, 6.45) is -0.913. The standard InChI is InChI=1S/C26H23F4N3O3/c1-4-36-22-10-16(7-8-21(22)34)15-5-6-17(20(27)9-15)11-23(35)33-18-12-19(26(28,29)30)24(32-13-18)25(2,3)14-31/h5-7,9-10,12-13H,4,8,11H2,1-3H3,(H,33,35). The van der Waals surface area contributed by atoms with E-state index >= 15 is 0 Å². The highest BCUT2D eigenvalue weighted by atomic mass is 19.4. The summed E-state index contributed by atoms with van der Waals surface area (Å²) in [6, 6.07) is 6.68. The molecule has 0 saturated heterocycles. The van der Waals surface area contributed by atoms with Crippen LogP contribution in [-0.2, 0) is 32.3 Å². The second kappa shape index (κ2) is 10.3. The van der Waals surface area contributed by atoms with Crippen molar-refractivity contribution in [1.82, 2.24) is 4.98 Å². The molecule has 1 N–H and O–H groups in total. The molecule has 0 atom stereocenters. The Morgan fingerprint density at radius 2 is 1.97 bits per heavy atom. The molecule has 1 aliphatic carbocycles. The molecule has 0 bridgehead atoms. The molecule has 3 rings (SSSR count). The minimum Gasteiger partial charge on any atom is -0.490 e. The topological polar surface area (TPSA) is 92.1 Å². The Kier molecular flexibility index (Phi) is 7.62. The molecule has 0 radical (unpaired) electrons. The molecule has 0 spiro atoms. The van der Waals surface area contributed by atoms with E-state index in [0.29, 0.717) is 23.8 Å². The van der Waals surface area contributed by atoms with Crippen LogP contribution in [-0.4, -0.2) is 23.3 Å². The summed E-state index contributed by atoms with van der Waals surface area (Å²) in [6.45, 7) is 4.67. The van der Waals surface area contributed by atoms with Gasteiger partial charge in [0.2, 0.25) is 11.7 Å². The predicted molar refractivity (Wildman–Crippen MR) is 124 cm³/mol. The van der Waals surface area contributed by atoms with Crippen LogP contribution < -0.4 is 5.32 Å². The molecule has 10 heteroatoms. The fraction of sp³-hybridized carbons (Fsp3) is 0.308. The minimum absolute atomic E-state index is 0.0315. The monoisotopic (exact) mass is 501 g/mol. The molecule has 1 heterocycles. The number of nitrogens with zero attached hydrogens (tertiary/aromatic N) is 2. The van der Waals surface area contributed by atoms with Crippen molar-refractivity contribution >= 4 is 23.0 Å². The number of benzene rings is 1. The number of nitriles is 1. The third-order valence-electron chi connectivity index (χ3n) is 5.45. The summed E-state index contributed by atoms with van der Waals surface area (Å²) < 4.78 is 60.8. The van der Waals surface area contributed by atoms with E-state index in [9.17, 15) is 32.4 Å². The fourth-order valence-corrected chi connectivity index (χ4v) is 3.61. The molecule has 0 fully saturated rings. The summed E-state index contributed by atoms with van der Waals surface area (Å²) >= 11 is 0. The lowest BCUT2D eigenvalue weighted by atomic mass is 9.87. The number of nitrogens with one attached hydrogen (secondary N) is 1. The largest absolute Gasteiger partial charge is 0.490 e. The number of carbonyl (C=O) groups is 2. The quantitative estimate of drug-likeness (QED) is 0.506. The number of allylic oxidation sites excluding steroid dienone is 4. The van der Waals surface area contributed by atoms with Crippen LogP contribution in [0.5, 0.6) is 0 Å². The number of alkyl halides is 3. The Labute approximate surface area is 205 Å². The summed E-state index contributed by atoms with van der Waals surface area (Å²) in [5, 5.41) is 11.5. The lowest BCUT2D eigenvalue weighted by molar-refractivity contribution is -0.138. The smallest absolute Gasteiger partial charge is 0.418 e. The average Bonchev–Trinajstić information content (AvgIpc) is 2.81. The van der Waals surface area contributed by atoms with E-state index in [4.69, 9.17) is 4.74 Å². The number of carbonyl (C=O) groups excluding carboxylic acids is 2. The van der Waals surface area contributed by atoms with Gasteiger partial charge in [0.15, 0.2) is 5.76 Å². The second-order valence-corrected chi connectivity index (χ2v) is 8.61. The summed E-state index contributed by atoms with van der Waals surface area (Å²) in [5.74, 6) is -1.42. The van der Waals surface area contributed by atoms with Crippen LogP contribution in [0, 0.1) is 17.1 Å². The number of ether oxygens (including phenoxy) is 1. The Bertz CT molecular complexity index is 1300. The van der Waals surface area contributed by atoms with Gasteiger partial charge in [-0.15, -0.1) is 0 Å². The number of hydrogen-bond acceptors (Lipinski definition) is 5. The third kappa shape index (κ3) is 5.97. The van der Waals surface area contributed by atoms with E-state index in [-0.39, 0.29) is 29.2 Å². The van der Waals surface area contributed by atoms with Gasteiger partial charge in [0.05, 0.1) is 47.7 Å². The molecule has 1 amide bonds. The number of aromatic nitrogens is 1. The maximum atomic E-state index is 14.8. The first-order chi connectivity index (χ1) is 16.9. The Balaban J connectivity index is 1.78. The van der Waals surface area contributed by atoms with Crippen molar-refractivity contribution in [2.45, 2.75) is 45.2 Å². The predicted octanol–water partition coefficient (Wildman–Crippen LogP) is 5.50. The molecular weight excluding hydrogens is 478 g/mol. The molecule has 1 aliphatic rings. The first-order valence-electron chi connectivity index (χ1n) is 11.0. The van der Waals surface area contributed by atoms with E-state index in [1.54, 1.807) is 25.1 Å². The number of anilines is 1.